The Bertz CT molecular complexity index is 1060. The SMILES string of the molecule is C[C@H](OC(=O)c1ccc(N2C(=O)[C@H]3[C@H](CC=C[C@@H]3C)C2=O)cc1)C(=O)c1ccccc1. The third-order valence-electron chi connectivity index (χ3n) is 5.95. The summed E-state index contributed by atoms with van der Waals surface area (Å²) >= 11 is 0. The van der Waals surface area contributed by atoms with Crippen molar-refractivity contribution in [1.29, 1.82) is 0 Å². The highest BCUT2D eigenvalue weighted by atomic mass is 16.5. The number of esters is 1. The molecule has 0 saturated carbocycles. The molecule has 0 bridgehead atoms. The summed E-state index contributed by atoms with van der Waals surface area (Å²) in [7, 11) is 0. The van der Waals surface area contributed by atoms with Crippen LogP contribution < -0.4 is 4.90 Å². The number of amides is 2. The first-order valence-corrected chi connectivity index (χ1v) is 10.3. The molecule has 158 valence electrons. The van der Waals surface area contributed by atoms with E-state index in [0.717, 1.165) is 0 Å². The summed E-state index contributed by atoms with van der Waals surface area (Å²) in [6, 6.07) is 14.7. The van der Waals surface area contributed by atoms with Gasteiger partial charge in [-0.3, -0.25) is 19.3 Å². The zero-order valence-corrected chi connectivity index (χ0v) is 17.4. The van der Waals surface area contributed by atoms with Crippen LogP contribution in [0, 0.1) is 17.8 Å². The molecule has 1 heterocycles. The maximum Gasteiger partial charge on any atom is 0.338 e. The Morgan fingerprint density at radius 2 is 1.65 bits per heavy atom. The van der Waals surface area contributed by atoms with Gasteiger partial charge in [-0.25, -0.2) is 4.79 Å². The van der Waals surface area contributed by atoms with Crippen LogP contribution in [0.4, 0.5) is 5.69 Å². The molecule has 4 atom stereocenters. The van der Waals surface area contributed by atoms with Gasteiger partial charge in [-0.1, -0.05) is 49.4 Å². The van der Waals surface area contributed by atoms with E-state index in [4.69, 9.17) is 4.74 Å². The Kier molecular flexibility index (Phi) is 5.55. The normalized spacial score (nSPS) is 23.4. The van der Waals surface area contributed by atoms with Crippen molar-refractivity contribution in [2.75, 3.05) is 4.90 Å². The number of carbonyl (C=O) groups is 4. The van der Waals surface area contributed by atoms with E-state index >= 15 is 0 Å². The van der Waals surface area contributed by atoms with Gasteiger partial charge in [-0.05, 0) is 43.5 Å². The largest absolute Gasteiger partial charge is 0.451 e. The Morgan fingerprint density at radius 3 is 2.29 bits per heavy atom. The van der Waals surface area contributed by atoms with Crippen LogP contribution in [0.15, 0.2) is 66.7 Å². The Hall–Kier alpha value is -3.54. The molecule has 0 radical (unpaired) electrons. The standard InChI is InChI=1S/C25H23NO5/c1-15-7-6-10-20-21(15)24(29)26(23(20)28)19-13-11-18(12-14-19)25(30)31-16(2)22(27)17-8-4-3-5-9-17/h3-9,11-16,20-21H,10H2,1-2H3/t15-,16-,20-,21+/m0/s1. The van der Waals surface area contributed by atoms with Crippen LogP contribution in [0.5, 0.6) is 0 Å². The minimum atomic E-state index is -0.937. The van der Waals surface area contributed by atoms with Crippen LogP contribution in [-0.2, 0) is 14.3 Å². The molecule has 2 aromatic carbocycles. The molecule has 2 amide bonds. The summed E-state index contributed by atoms with van der Waals surface area (Å²) in [6.07, 6.45) is 3.56. The quantitative estimate of drug-likeness (QED) is 0.320. The van der Waals surface area contributed by atoms with Crippen molar-refractivity contribution in [2.24, 2.45) is 17.8 Å². The number of imide groups is 1. The Labute approximate surface area is 180 Å². The van der Waals surface area contributed by atoms with Crippen LogP contribution in [0.1, 0.15) is 41.0 Å². The van der Waals surface area contributed by atoms with Gasteiger partial charge in [-0.15, -0.1) is 0 Å². The second-order valence-corrected chi connectivity index (χ2v) is 7.99. The fourth-order valence-electron chi connectivity index (χ4n) is 4.27. The molecule has 0 unspecified atom stereocenters. The summed E-state index contributed by atoms with van der Waals surface area (Å²) in [5, 5.41) is 0. The highest BCUT2D eigenvalue weighted by Gasteiger charge is 2.50. The van der Waals surface area contributed by atoms with Crippen molar-refractivity contribution >= 4 is 29.3 Å². The second kappa shape index (κ2) is 8.30. The molecule has 0 N–H and O–H groups in total. The van der Waals surface area contributed by atoms with Gasteiger partial charge in [0.1, 0.15) is 0 Å². The number of benzene rings is 2. The third-order valence-corrected chi connectivity index (χ3v) is 5.95. The van der Waals surface area contributed by atoms with Crippen LogP contribution in [0.2, 0.25) is 0 Å². The average Bonchev–Trinajstić information content (AvgIpc) is 3.05. The highest BCUT2D eigenvalue weighted by Crippen LogP contribution is 2.40. The lowest BCUT2D eigenvalue weighted by Crippen LogP contribution is -2.31. The van der Waals surface area contributed by atoms with Gasteiger partial charge < -0.3 is 4.74 Å². The Balaban J connectivity index is 1.46. The first-order valence-electron chi connectivity index (χ1n) is 10.3. The van der Waals surface area contributed by atoms with Gasteiger partial charge in [0.05, 0.1) is 23.1 Å². The predicted octanol–water partition coefficient (Wildman–Crippen LogP) is 3.82. The molecule has 1 aliphatic carbocycles. The number of allylic oxidation sites excluding steroid dienone is 2. The topological polar surface area (TPSA) is 80.8 Å². The molecule has 1 aliphatic heterocycles. The minimum absolute atomic E-state index is 0.0121. The lowest BCUT2D eigenvalue weighted by Gasteiger charge is -2.22. The molecule has 6 heteroatoms. The van der Waals surface area contributed by atoms with Gasteiger partial charge in [0.2, 0.25) is 17.6 Å². The third kappa shape index (κ3) is 3.81. The number of hydrogen-bond acceptors (Lipinski definition) is 5. The van der Waals surface area contributed by atoms with Crippen molar-refractivity contribution in [3.8, 4) is 0 Å². The number of ether oxygens (including phenoxy) is 1. The first-order chi connectivity index (χ1) is 14.9. The Morgan fingerprint density at radius 1 is 0.968 bits per heavy atom. The second-order valence-electron chi connectivity index (χ2n) is 7.99. The van der Waals surface area contributed by atoms with Crippen molar-refractivity contribution in [1.82, 2.24) is 0 Å². The van der Waals surface area contributed by atoms with E-state index in [1.165, 1.54) is 24.0 Å². The maximum atomic E-state index is 12.9. The maximum absolute atomic E-state index is 12.9. The number of carbonyl (C=O) groups excluding carboxylic acids is 4. The van der Waals surface area contributed by atoms with E-state index in [9.17, 15) is 19.2 Å². The van der Waals surface area contributed by atoms with Crippen LogP contribution >= 0.6 is 0 Å². The van der Waals surface area contributed by atoms with E-state index in [1.807, 2.05) is 19.1 Å². The number of rotatable bonds is 5. The molecule has 4 rings (SSSR count). The van der Waals surface area contributed by atoms with Crippen LogP contribution in [0.25, 0.3) is 0 Å². The number of Topliss-reactive ketones (excluding diaryl/α,β-unsaturated/α-hetero) is 1. The molecule has 2 aliphatic rings. The summed E-state index contributed by atoms with van der Waals surface area (Å²) < 4.78 is 5.31. The van der Waals surface area contributed by atoms with Crippen molar-refractivity contribution < 1.29 is 23.9 Å². The smallest absolute Gasteiger partial charge is 0.338 e. The molecule has 1 saturated heterocycles. The molecule has 2 aromatic rings. The van der Waals surface area contributed by atoms with E-state index in [0.29, 0.717) is 17.7 Å². The number of anilines is 1. The molecule has 31 heavy (non-hydrogen) atoms. The van der Waals surface area contributed by atoms with Crippen LogP contribution in [-0.4, -0.2) is 29.7 Å². The molecule has 1 fully saturated rings. The number of hydrogen-bond donors (Lipinski definition) is 0. The van der Waals surface area contributed by atoms with Gasteiger partial charge in [0, 0.05) is 5.56 Å². The van der Waals surface area contributed by atoms with Crippen LogP contribution in [0.3, 0.4) is 0 Å². The summed E-state index contributed by atoms with van der Waals surface area (Å²) in [5.41, 5.74) is 1.14. The molecule has 6 nitrogen and oxygen atoms in total. The average molecular weight is 417 g/mol. The number of ketones is 1. The summed E-state index contributed by atoms with van der Waals surface area (Å²) in [4.78, 5) is 51.8. The monoisotopic (exact) mass is 417 g/mol. The van der Waals surface area contributed by atoms with Gasteiger partial charge in [0.25, 0.3) is 0 Å². The molecule has 0 aromatic heterocycles. The zero-order chi connectivity index (χ0) is 22.1. The number of nitrogens with zero attached hydrogens (tertiary/aromatic N) is 1. The van der Waals surface area contributed by atoms with E-state index in [1.54, 1.807) is 42.5 Å². The minimum Gasteiger partial charge on any atom is -0.451 e. The van der Waals surface area contributed by atoms with E-state index in [2.05, 4.69) is 0 Å². The van der Waals surface area contributed by atoms with Crippen molar-refractivity contribution in [3.05, 3.63) is 77.9 Å². The highest BCUT2D eigenvalue weighted by molar-refractivity contribution is 6.22. The first kappa shape index (κ1) is 20.7. The fraction of sp³-hybridized carbons (Fsp3) is 0.280. The van der Waals surface area contributed by atoms with Gasteiger partial charge in [-0.2, -0.15) is 0 Å². The predicted molar refractivity (Wildman–Crippen MR) is 114 cm³/mol. The lowest BCUT2D eigenvalue weighted by atomic mass is 9.78. The summed E-state index contributed by atoms with van der Waals surface area (Å²) in [6.45, 7) is 3.47. The van der Waals surface area contributed by atoms with Gasteiger partial charge in [0.15, 0.2) is 6.10 Å². The van der Waals surface area contributed by atoms with Crippen molar-refractivity contribution in [3.63, 3.8) is 0 Å². The summed E-state index contributed by atoms with van der Waals surface area (Å²) in [5.74, 6) is -2.00. The molecular formula is C25H23NO5. The van der Waals surface area contributed by atoms with Crippen molar-refractivity contribution in [2.45, 2.75) is 26.4 Å². The fourth-order valence-corrected chi connectivity index (χ4v) is 4.27. The lowest BCUT2D eigenvalue weighted by molar-refractivity contribution is -0.122. The van der Waals surface area contributed by atoms with E-state index < -0.39 is 12.1 Å². The molecular weight excluding hydrogens is 394 g/mol. The zero-order valence-electron chi connectivity index (χ0n) is 17.4. The number of fused-ring (bicyclic) bond motifs is 1. The van der Waals surface area contributed by atoms with Gasteiger partial charge >= 0.3 is 5.97 Å². The van der Waals surface area contributed by atoms with E-state index in [-0.39, 0.29) is 40.9 Å². The molecule has 0 spiro atoms.